The monoisotopic (exact) mass is 295 g/mol. The van der Waals surface area contributed by atoms with Crippen molar-refractivity contribution in [1.82, 2.24) is 9.97 Å². The van der Waals surface area contributed by atoms with E-state index >= 15 is 0 Å². The van der Waals surface area contributed by atoms with Gasteiger partial charge in [0.05, 0.1) is 0 Å². The average Bonchev–Trinajstić information content (AvgIpc) is 2.65. The molecule has 2 rings (SSSR count). The van der Waals surface area contributed by atoms with E-state index in [0.29, 0.717) is 17.1 Å². The summed E-state index contributed by atoms with van der Waals surface area (Å²) in [7, 11) is 0. The number of hydrogen-bond acceptors (Lipinski definition) is 3. The molecule has 112 valence electrons. The summed E-state index contributed by atoms with van der Waals surface area (Å²) in [4.78, 5) is 9.15. The molecule has 0 saturated heterocycles. The van der Waals surface area contributed by atoms with Gasteiger partial charge >= 0.3 is 0 Å². The van der Waals surface area contributed by atoms with Crippen molar-refractivity contribution in [2.45, 2.75) is 65.8 Å². The lowest BCUT2D eigenvalue weighted by atomic mass is 9.95. The third-order valence-electron chi connectivity index (χ3n) is 4.54. The second-order valence-corrected chi connectivity index (χ2v) is 7.58. The number of halogens is 1. The largest absolute Gasteiger partial charge is 0.367 e. The van der Waals surface area contributed by atoms with Gasteiger partial charge in [0, 0.05) is 17.0 Å². The molecule has 1 saturated carbocycles. The Bertz CT molecular complexity index is 493. The van der Waals surface area contributed by atoms with Crippen LogP contribution >= 0.6 is 11.6 Å². The van der Waals surface area contributed by atoms with Crippen LogP contribution in [-0.2, 0) is 5.41 Å². The van der Waals surface area contributed by atoms with E-state index in [4.69, 9.17) is 16.6 Å². The maximum absolute atomic E-state index is 6.28. The normalized spacial score (nSPS) is 26.9. The molecule has 3 unspecified atom stereocenters. The third-order valence-corrected chi connectivity index (χ3v) is 4.91. The zero-order valence-electron chi connectivity index (χ0n) is 13.4. The molecule has 20 heavy (non-hydrogen) atoms. The van der Waals surface area contributed by atoms with Gasteiger partial charge in [-0.1, -0.05) is 46.2 Å². The molecule has 1 aromatic heterocycles. The van der Waals surface area contributed by atoms with Gasteiger partial charge in [-0.25, -0.2) is 9.97 Å². The van der Waals surface area contributed by atoms with Crippen molar-refractivity contribution in [3.63, 3.8) is 0 Å². The Labute approximate surface area is 127 Å². The predicted molar refractivity (Wildman–Crippen MR) is 85.5 cm³/mol. The van der Waals surface area contributed by atoms with Crippen molar-refractivity contribution in [3.8, 4) is 0 Å². The first kappa shape index (κ1) is 15.6. The average molecular weight is 296 g/mol. The standard InChI is InChI=1S/C16H26ClN3/c1-9-7-8-12(10(9)2)18-14-11(3)13(17)19-15(20-14)16(4,5)6/h9-10,12H,7-8H2,1-6H3,(H,18,19,20). The van der Waals surface area contributed by atoms with Gasteiger partial charge in [0.15, 0.2) is 0 Å². The SMILES string of the molecule is Cc1c(Cl)nc(C(C)(C)C)nc1NC1CCC(C)C1C. The number of rotatable bonds is 2. The van der Waals surface area contributed by atoms with Crippen molar-refractivity contribution in [1.29, 1.82) is 0 Å². The zero-order valence-corrected chi connectivity index (χ0v) is 14.2. The van der Waals surface area contributed by atoms with Crippen LogP contribution < -0.4 is 5.32 Å². The summed E-state index contributed by atoms with van der Waals surface area (Å²) < 4.78 is 0. The summed E-state index contributed by atoms with van der Waals surface area (Å²) in [6, 6.07) is 0.488. The van der Waals surface area contributed by atoms with E-state index in [0.717, 1.165) is 23.1 Å². The Morgan fingerprint density at radius 1 is 1.15 bits per heavy atom. The van der Waals surface area contributed by atoms with E-state index in [2.05, 4.69) is 44.9 Å². The Morgan fingerprint density at radius 2 is 1.80 bits per heavy atom. The minimum atomic E-state index is -0.0949. The van der Waals surface area contributed by atoms with Crippen molar-refractivity contribution >= 4 is 17.4 Å². The molecule has 0 radical (unpaired) electrons. The summed E-state index contributed by atoms with van der Waals surface area (Å²) in [5.41, 5.74) is 0.856. The van der Waals surface area contributed by atoms with Crippen LogP contribution in [0, 0.1) is 18.8 Å². The van der Waals surface area contributed by atoms with Crippen LogP contribution in [0.15, 0.2) is 0 Å². The fourth-order valence-electron chi connectivity index (χ4n) is 2.71. The lowest BCUT2D eigenvalue weighted by molar-refractivity contribution is 0.434. The van der Waals surface area contributed by atoms with Crippen LogP contribution in [0.3, 0.4) is 0 Å². The number of hydrogen-bond donors (Lipinski definition) is 1. The Morgan fingerprint density at radius 3 is 2.30 bits per heavy atom. The van der Waals surface area contributed by atoms with Crippen molar-refractivity contribution < 1.29 is 0 Å². The second-order valence-electron chi connectivity index (χ2n) is 7.23. The van der Waals surface area contributed by atoms with E-state index in [1.807, 2.05) is 6.92 Å². The summed E-state index contributed by atoms with van der Waals surface area (Å²) >= 11 is 6.28. The number of anilines is 1. The van der Waals surface area contributed by atoms with Crippen LogP contribution in [0.2, 0.25) is 5.15 Å². The summed E-state index contributed by atoms with van der Waals surface area (Å²) in [5.74, 6) is 3.14. The molecule has 3 atom stereocenters. The molecular weight excluding hydrogens is 270 g/mol. The zero-order chi connectivity index (χ0) is 15.1. The molecule has 1 fully saturated rings. The molecule has 0 amide bonds. The Kier molecular flexibility index (Phi) is 4.29. The molecule has 3 nitrogen and oxygen atoms in total. The van der Waals surface area contributed by atoms with E-state index in [1.165, 1.54) is 12.8 Å². The maximum atomic E-state index is 6.28. The fraction of sp³-hybridized carbons (Fsp3) is 0.750. The number of nitrogens with one attached hydrogen (secondary N) is 1. The van der Waals surface area contributed by atoms with Gasteiger partial charge in [0.25, 0.3) is 0 Å². The second kappa shape index (κ2) is 5.51. The fourth-order valence-corrected chi connectivity index (χ4v) is 2.88. The first-order valence-corrected chi connectivity index (χ1v) is 7.89. The molecular formula is C16H26ClN3. The summed E-state index contributed by atoms with van der Waals surface area (Å²) in [6.45, 7) is 13.0. The third kappa shape index (κ3) is 3.08. The van der Waals surface area contributed by atoms with Gasteiger partial charge in [-0.3, -0.25) is 0 Å². The number of aromatic nitrogens is 2. The predicted octanol–water partition coefficient (Wildman–Crippen LogP) is 4.58. The molecule has 1 aliphatic rings. The van der Waals surface area contributed by atoms with Crippen LogP contribution in [0.4, 0.5) is 5.82 Å². The first-order chi connectivity index (χ1) is 9.20. The molecule has 1 N–H and O–H groups in total. The van der Waals surface area contributed by atoms with E-state index in [-0.39, 0.29) is 5.41 Å². The molecule has 0 bridgehead atoms. The molecule has 1 aromatic rings. The quantitative estimate of drug-likeness (QED) is 0.811. The molecule has 1 aliphatic carbocycles. The molecule has 0 aromatic carbocycles. The van der Waals surface area contributed by atoms with Gasteiger partial charge in [0.2, 0.25) is 0 Å². The minimum absolute atomic E-state index is 0.0949. The molecule has 0 aliphatic heterocycles. The van der Waals surface area contributed by atoms with Crippen LogP contribution in [0.5, 0.6) is 0 Å². The minimum Gasteiger partial charge on any atom is -0.367 e. The smallest absolute Gasteiger partial charge is 0.137 e. The van der Waals surface area contributed by atoms with Gasteiger partial charge in [-0.15, -0.1) is 0 Å². The van der Waals surface area contributed by atoms with Crippen LogP contribution in [-0.4, -0.2) is 16.0 Å². The van der Waals surface area contributed by atoms with Gasteiger partial charge in [-0.05, 0) is 31.6 Å². The Balaban J connectivity index is 2.29. The molecule has 4 heteroatoms. The van der Waals surface area contributed by atoms with E-state index in [9.17, 15) is 0 Å². The van der Waals surface area contributed by atoms with Gasteiger partial charge < -0.3 is 5.32 Å². The topological polar surface area (TPSA) is 37.8 Å². The van der Waals surface area contributed by atoms with Crippen molar-refractivity contribution in [3.05, 3.63) is 16.5 Å². The summed E-state index contributed by atoms with van der Waals surface area (Å²) in [6.07, 6.45) is 2.48. The highest BCUT2D eigenvalue weighted by molar-refractivity contribution is 6.30. The highest BCUT2D eigenvalue weighted by Gasteiger charge is 2.31. The highest BCUT2D eigenvalue weighted by atomic mass is 35.5. The lowest BCUT2D eigenvalue weighted by Gasteiger charge is -2.24. The lowest BCUT2D eigenvalue weighted by Crippen LogP contribution is -2.26. The van der Waals surface area contributed by atoms with Crippen LogP contribution in [0.25, 0.3) is 0 Å². The highest BCUT2D eigenvalue weighted by Crippen LogP contribution is 2.34. The first-order valence-electron chi connectivity index (χ1n) is 7.51. The van der Waals surface area contributed by atoms with Crippen molar-refractivity contribution in [2.75, 3.05) is 5.32 Å². The van der Waals surface area contributed by atoms with Gasteiger partial charge in [0.1, 0.15) is 16.8 Å². The van der Waals surface area contributed by atoms with E-state index < -0.39 is 0 Å². The van der Waals surface area contributed by atoms with E-state index in [1.54, 1.807) is 0 Å². The molecule has 0 spiro atoms. The summed E-state index contributed by atoms with van der Waals surface area (Å²) in [5, 5.41) is 4.17. The van der Waals surface area contributed by atoms with Gasteiger partial charge in [-0.2, -0.15) is 0 Å². The Hall–Kier alpha value is -0.830. The molecule has 1 heterocycles. The number of nitrogens with zero attached hydrogens (tertiary/aromatic N) is 2. The van der Waals surface area contributed by atoms with Crippen LogP contribution in [0.1, 0.15) is 58.8 Å². The maximum Gasteiger partial charge on any atom is 0.137 e. The van der Waals surface area contributed by atoms with Crippen molar-refractivity contribution in [2.24, 2.45) is 11.8 Å².